The van der Waals surface area contributed by atoms with Gasteiger partial charge in [-0.2, -0.15) is 0 Å². The molecule has 1 aliphatic rings. The quantitative estimate of drug-likeness (QED) is 0.798. The van der Waals surface area contributed by atoms with Crippen molar-refractivity contribution in [3.05, 3.63) is 63.7 Å². The van der Waals surface area contributed by atoms with Crippen LogP contribution in [-0.2, 0) is 11.2 Å². The van der Waals surface area contributed by atoms with Crippen molar-refractivity contribution in [1.82, 2.24) is 19.6 Å². The molecule has 0 atom stereocenters. The maximum atomic E-state index is 13.0. The Bertz CT molecular complexity index is 910. The van der Waals surface area contributed by atoms with Gasteiger partial charge in [-0.05, 0) is 30.5 Å². The first-order valence-corrected chi connectivity index (χ1v) is 8.00. The number of H-pyrrole nitrogens is 1. The van der Waals surface area contributed by atoms with Crippen LogP contribution in [0.2, 0.25) is 0 Å². The van der Waals surface area contributed by atoms with Gasteiger partial charge in [0.05, 0.1) is 0 Å². The van der Waals surface area contributed by atoms with Gasteiger partial charge >= 0.3 is 0 Å². The van der Waals surface area contributed by atoms with Crippen LogP contribution in [0.5, 0.6) is 0 Å². The van der Waals surface area contributed by atoms with Crippen LogP contribution in [0.4, 0.5) is 4.39 Å². The molecule has 1 aromatic carbocycles. The van der Waals surface area contributed by atoms with Crippen molar-refractivity contribution in [3.63, 3.8) is 0 Å². The van der Waals surface area contributed by atoms with Gasteiger partial charge in [-0.25, -0.2) is 4.39 Å². The number of fused-ring (bicyclic) bond motifs is 1. The van der Waals surface area contributed by atoms with E-state index in [-0.39, 0.29) is 17.3 Å². The number of hydrogen-bond donors (Lipinski definition) is 1. The summed E-state index contributed by atoms with van der Waals surface area (Å²) >= 11 is 0. The van der Waals surface area contributed by atoms with Gasteiger partial charge < -0.3 is 9.72 Å². The summed E-state index contributed by atoms with van der Waals surface area (Å²) < 4.78 is 20.2. The van der Waals surface area contributed by atoms with E-state index in [9.17, 15) is 9.18 Å². The Morgan fingerprint density at radius 3 is 2.71 bits per heavy atom. The van der Waals surface area contributed by atoms with Crippen LogP contribution >= 0.6 is 0 Å². The molecule has 1 aliphatic heterocycles. The molecule has 3 heterocycles. The van der Waals surface area contributed by atoms with Gasteiger partial charge in [0.15, 0.2) is 0 Å². The number of rotatable bonds is 3. The van der Waals surface area contributed by atoms with Crippen molar-refractivity contribution >= 4 is 5.65 Å². The third-order valence-corrected chi connectivity index (χ3v) is 4.38. The normalized spacial score (nSPS) is 15.9. The lowest BCUT2D eigenvalue weighted by atomic mass is 9.99. The average molecular weight is 328 g/mol. The Morgan fingerprint density at radius 2 is 1.96 bits per heavy atom. The highest BCUT2D eigenvalue weighted by atomic mass is 19.1. The van der Waals surface area contributed by atoms with Crippen LogP contribution in [0, 0.1) is 5.82 Å². The molecule has 0 spiro atoms. The molecule has 0 aliphatic carbocycles. The van der Waals surface area contributed by atoms with Crippen molar-refractivity contribution in [2.24, 2.45) is 0 Å². The number of ether oxygens (including phenoxy) is 1. The lowest BCUT2D eigenvalue weighted by molar-refractivity contribution is 0.0834. The van der Waals surface area contributed by atoms with Crippen molar-refractivity contribution in [3.8, 4) is 0 Å². The average Bonchev–Trinajstić information content (AvgIpc) is 3.02. The number of nitrogens with one attached hydrogen (secondary N) is 1. The Hall–Kier alpha value is -2.54. The molecule has 1 saturated heterocycles. The minimum atomic E-state index is -0.275. The highest BCUT2D eigenvalue weighted by molar-refractivity contribution is 5.37. The molecule has 24 heavy (non-hydrogen) atoms. The third kappa shape index (κ3) is 2.82. The van der Waals surface area contributed by atoms with Gasteiger partial charge in [0.1, 0.15) is 11.6 Å². The molecule has 0 unspecified atom stereocenters. The van der Waals surface area contributed by atoms with E-state index in [0.717, 1.165) is 29.9 Å². The van der Waals surface area contributed by atoms with Crippen molar-refractivity contribution in [1.29, 1.82) is 0 Å². The first-order chi connectivity index (χ1) is 11.7. The zero-order valence-corrected chi connectivity index (χ0v) is 13.0. The molecular weight excluding hydrogens is 311 g/mol. The largest absolute Gasteiger partial charge is 0.381 e. The molecule has 0 amide bonds. The first-order valence-electron chi connectivity index (χ1n) is 8.00. The van der Waals surface area contributed by atoms with Crippen molar-refractivity contribution in [2.45, 2.75) is 25.2 Å². The van der Waals surface area contributed by atoms with E-state index in [4.69, 9.17) is 4.74 Å². The predicted molar refractivity (Wildman–Crippen MR) is 85.6 cm³/mol. The fraction of sp³-hybridized carbons (Fsp3) is 0.353. The van der Waals surface area contributed by atoms with E-state index < -0.39 is 0 Å². The fourth-order valence-corrected chi connectivity index (χ4v) is 3.12. The summed E-state index contributed by atoms with van der Waals surface area (Å²) in [6, 6.07) is 6.25. The Labute approximate surface area is 137 Å². The summed E-state index contributed by atoms with van der Waals surface area (Å²) in [4.78, 5) is 15.1. The highest BCUT2D eigenvalue weighted by Crippen LogP contribution is 2.25. The van der Waals surface area contributed by atoms with E-state index in [1.165, 1.54) is 12.1 Å². The summed E-state index contributed by atoms with van der Waals surface area (Å²) in [5, 5.41) is 8.26. The van der Waals surface area contributed by atoms with Crippen LogP contribution in [0.3, 0.4) is 0 Å². The number of aromatic amines is 1. The van der Waals surface area contributed by atoms with Crippen molar-refractivity contribution < 1.29 is 9.13 Å². The van der Waals surface area contributed by atoms with Crippen LogP contribution in [0.1, 0.15) is 35.8 Å². The minimum absolute atomic E-state index is 0.245. The number of halogens is 1. The zero-order chi connectivity index (χ0) is 16.5. The highest BCUT2D eigenvalue weighted by Gasteiger charge is 2.22. The summed E-state index contributed by atoms with van der Waals surface area (Å²) in [7, 11) is 0. The van der Waals surface area contributed by atoms with Crippen LogP contribution in [-0.4, -0.2) is 32.8 Å². The molecule has 0 radical (unpaired) electrons. The van der Waals surface area contributed by atoms with E-state index in [1.54, 1.807) is 16.5 Å². The van der Waals surface area contributed by atoms with E-state index in [1.807, 2.05) is 6.20 Å². The topological polar surface area (TPSA) is 72.3 Å². The van der Waals surface area contributed by atoms with Crippen molar-refractivity contribution in [2.75, 3.05) is 13.2 Å². The molecule has 124 valence electrons. The lowest BCUT2D eigenvalue weighted by Crippen LogP contribution is -2.18. The summed E-state index contributed by atoms with van der Waals surface area (Å²) in [5.41, 5.74) is 1.71. The van der Waals surface area contributed by atoms with Gasteiger partial charge in [-0.3, -0.25) is 9.20 Å². The Kier molecular flexibility index (Phi) is 3.86. The number of nitrogens with zero attached hydrogens (tertiary/aromatic N) is 3. The van der Waals surface area contributed by atoms with Gasteiger partial charge in [-0.1, -0.05) is 12.1 Å². The summed E-state index contributed by atoms with van der Waals surface area (Å²) in [6.45, 7) is 1.40. The van der Waals surface area contributed by atoms with Crippen LogP contribution < -0.4 is 5.56 Å². The SMILES string of the molecule is O=c1[nH]c(Cc2ccc(F)cc2)cn2c(C3CCOCC3)nnc12. The van der Waals surface area contributed by atoms with Crippen LogP contribution in [0.25, 0.3) is 5.65 Å². The molecule has 1 N–H and O–H groups in total. The maximum Gasteiger partial charge on any atom is 0.293 e. The van der Waals surface area contributed by atoms with E-state index in [2.05, 4.69) is 15.2 Å². The Balaban J connectivity index is 1.71. The molecule has 1 fully saturated rings. The number of aromatic nitrogens is 4. The molecule has 3 aromatic rings. The molecule has 0 saturated carbocycles. The van der Waals surface area contributed by atoms with Crippen LogP contribution in [0.15, 0.2) is 35.3 Å². The fourth-order valence-electron chi connectivity index (χ4n) is 3.12. The van der Waals surface area contributed by atoms with E-state index in [0.29, 0.717) is 25.3 Å². The summed E-state index contributed by atoms with van der Waals surface area (Å²) in [6.07, 6.45) is 4.13. The molecule has 7 heteroatoms. The number of hydrogen-bond acceptors (Lipinski definition) is 4. The van der Waals surface area contributed by atoms with Gasteiger partial charge in [-0.15, -0.1) is 10.2 Å². The van der Waals surface area contributed by atoms with Gasteiger partial charge in [0.25, 0.3) is 5.56 Å². The molecular formula is C17H17FN4O2. The first kappa shape index (κ1) is 15.0. The monoisotopic (exact) mass is 328 g/mol. The standard InChI is InChI=1S/C17H17FN4O2/c18-13-3-1-11(2-4-13)9-14-10-22-15(12-5-7-24-8-6-12)20-21-16(22)17(23)19-14/h1-4,10,12H,5-9H2,(H,19,23). The second kappa shape index (κ2) is 6.16. The second-order valence-electron chi connectivity index (χ2n) is 6.05. The molecule has 4 rings (SSSR count). The van der Waals surface area contributed by atoms with Gasteiger partial charge in [0, 0.05) is 37.4 Å². The van der Waals surface area contributed by atoms with E-state index >= 15 is 0 Å². The zero-order valence-electron chi connectivity index (χ0n) is 13.0. The molecule has 0 bridgehead atoms. The second-order valence-corrected chi connectivity index (χ2v) is 6.05. The Morgan fingerprint density at radius 1 is 1.21 bits per heavy atom. The van der Waals surface area contributed by atoms with Gasteiger partial charge in [0.2, 0.25) is 5.65 Å². The summed E-state index contributed by atoms with van der Waals surface area (Å²) in [5.74, 6) is 0.775. The lowest BCUT2D eigenvalue weighted by Gasteiger charge is -2.20. The smallest absolute Gasteiger partial charge is 0.293 e. The molecule has 6 nitrogen and oxygen atoms in total. The third-order valence-electron chi connectivity index (χ3n) is 4.38. The minimum Gasteiger partial charge on any atom is -0.381 e. The number of benzene rings is 1. The predicted octanol–water partition coefficient (Wildman–Crippen LogP) is 2.04. The molecule has 2 aromatic heterocycles. The maximum absolute atomic E-state index is 13.0.